The fourth-order valence-electron chi connectivity index (χ4n) is 4.87. The second-order valence-corrected chi connectivity index (χ2v) is 9.57. The van der Waals surface area contributed by atoms with Crippen LogP contribution in [0.2, 0.25) is 0 Å². The Morgan fingerprint density at radius 3 is 2.15 bits per heavy atom. The molecule has 7 heteroatoms. The number of rotatable bonds is 10. The molecule has 0 saturated heterocycles. The lowest BCUT2D eigenvalue weighted by atomic mass is 9.92. The highest BCUT2D eigenvalue weighted by atomic mass is 19.4. The first-order valence-corrected chi connectivity index (χ1v) is 12.6. The first-order valence-electron chi connectivity index (χ1n) is 12.6. The van der Waals surface area contributed by atoms with Crippen molar-refractivity contribution in [2.45, 2.75) is 45.3 Å². The van der Waals surface area contributed by atoms with Crippen molar-refractivity contribution < 1.29 is 27.8 Å². The van der Waals surface area contributed by atoms with Crippen molar-refractivity contribution >= 4 is 5.97 Å². The van der Waals surface area contributed by atoms with Gasteiger partial charge in [0.05, 0.1) is 6.42 Å². The molecule has 0 amide bonds. The monoisotopic (exact) mass is 533 g/mol. The zero-order chi connectivity index (χ0) is 28.0. The van der Waals surface area contributed by atoms with Crippen LogP contribution in [0.25, 0.3) is 11.1 Å². The summed E-state index contributed by atoms with van der Waals surface area (Å²) in [5, 5.41) is 9.96. The van der Waals surface area contributed by atoms with Crippen molar-refractivity contribution in [1.29, 1.82) is 0 Å². The molecule has 0 aliphatic heterocycles. The summed E-state index contributed by atoms with van der Waals surface area (Å²) < 4.78 is 42.6. The van der Waals surface area contributed by atoms with Gasteiger partial charge in [0.25, 0.3) is 0 Å². The Bertz CT molecular complexity index is 1390. The average Bonchev–Trinajstić information content (AvgIpc) is 2.90. The van der Waals surface area contributed by atoms with Gasteiger partial charge in [-0.1, -0.05) is 90.5 Å². The first kappa shape index (κ1) is 27.9. The number of aliphatic carboxylic acids is 1. The minimum Gasteiger partial charge on any atom is -0.481 e. The second-order valence-electron chi connectivity index (χ2n) is 9.57. The van der Waals surface area contributed by atoms with Gasteiger partial charge in [-0.05, 0) is 59.9 Å². The van der Waals surface area contributed by atoms with Gasteiger partial charge < -0.3 is 9.84 Å². The summed E-state index contributed by atoms with van der Waals surface area (Å²) >= 11 is 0. The number of ether oxygens (including phenoxy) is 1. The maximum absolute atomic E-state index is 12.8. The van der Waals surface area contributed by atoms with E-state index in [1.165, 1.54) is 18.2 Å². The molecule has 1 unspecified atom stereocenters. The van der Waals surface area contributed by atoms with Crippen LogP contribution in [0.5, 0.6) is 5.75 Å². The number of aryl methyl sites for hydroxylation is 1. The Balaban J connectivity index is 1.79. The molecule has 4 aromatic rings. The minimum atomic E-state index is -4.80. The van der Waals surface area contributed by atoms with E-state index in [0.29, 0.717) is 17.7 Å². The number of carboxylic acids is 1. The summed E-state index contributed by atoms with van der Waals surface area (Å²) in [7, 11) is 0. The molecular formula is C32H30F3NO3. The molecule has 0 spiro atoms. The molecule has 0 aromatic heterocycles. The van der Waals surface area contributed by atoms with Crippen LogP contribution in [-0.4, -0.2) is 22.3 Å². The zero-order valence-electron chi connectivity index (χ0n) is 21.7. The van der Waals surface area contributed by atoms with E-state index in [1.54, 1.807) is 6.07 Å². The Morgan fingerprint density at radius 1 is 0.846 bits per heavy atom. The molecule has 0 aliphatic carbocycles. The Labute approximate surface area is 226 Å². The van der Waals surface area contributed by atoms with E-state index in [9.17, 15) is 23.1 Å². The van der Waals surface area contributed by atoms with Crippen LogP contribution in [0.15, 0.2) is 103 Å². The normalized spacial score (nSPS) is 13.2. The van der Waals surface area contributed by atoms with Crippen LogP contribution in [0.3, 0.4) is 0 Å². The van der Waals surface area contributed by atoms with Gasteiger partial charge >= 0.3 is 12.3 Å². The topological polar surface area (TPSA) is 49.8 Å². The quantitative estimate of drug-likeness (QED) is 0.223. The highest BCUT2D eigenvalue weighted by Gasteiger charge is 2.31. The average molecular weight is 534 g/mol. The SMILES string of the molecule is Cc1cc(-c2cccc(OC(F)(F)F)c2)cc(C(CC(=O)O)N(Cc2ccccc2)[C@H](C)c2ccccc2)c1. The molecule has 39 heavy (non-hydrogen) atoms. The number of nitrogens with zero attached hydrogens (tertiary/aromatic N) is 1. The van der Waals surface area contributed by atoms with E-state index < -0.39 is 18.4 Å². The van der Waals surface area contributed by atoms with Crippen LogP contribution in [0.4, 0.5) is 13.2 Å². The zero-order valence-corrected chi connectivity index (χ0v) is 21.7. The predicted octanol–water partition coefficient (Wildman–Crippen LogP) is 8.34. The summed E-state index contributed by atoms with van der Waals surface area (Å²) in [6.07, 6.45) is -4.95. The summed E-state index contributed by atoms with van der Waals surface area (Å²) in [4.78, 5) is 14.3. The smallest absolute Gasteiger partial charge is 0.481 e. The third-order valence-corrected chi connectivity index (χ3v) is 6.64. The maximum atomic E-state index is 12.8. The lowest BCUT2D eigenvalue weighted by molar-refractivity contribution is -0.274. The highest BCUT2D eigenvalue weighted by Crippen LogP contribution is 2.37. The van der Waals surface area contributed by atoms with Crippen molar-refractivity contribution in [3.63, 3.8) is 0 Å². The Hall–Kier alpha value is -4.10. The fourth-order valence-corrected chi connectivity index (χ4v) is 4.87. The van der Waals surface area contributed by atoms with Crippen LogP contribution >= 0.6 is 0 Å². The summed E-state index contributed by atoms with van der Waals surface area (Å²) in [5.74, 6) is -1.25. The third kappa shape index (κ3) is 7.71. The Morgan fingerprint density at radius 2 is 1.51 bits per heavy atom. The molecule has 0 saturated carbocycles. The second kappa shape index (κ2) is 12.2. The molecule has 4 nitrogen and oxygen atoms in total. The molecule has 1 N–H and O–H groups in total. The van der Waals surface area contributed by atoms with Crippen LogP contribution in [-0.2, 0) is 11.3 Å². The van der Waals surface area contributed by atoms with Crippen molar-refractivity contribution in [3.8, 4) is 16.9 Å². The van der Waals surface area contributed by atoms with E-state index in [-0.39, 0.29) is 18.2 Å². The van der Waals surface area contributed by atoms with Crippen LogP contribution in [0.1, 0.15) is 47.7 Å². The van der Waals surface area contributed by atoms with E-state index in [2.05, 4.69) is 16.6 Å². The largest absolute Gasteiger partial charge is 0.573 e. The fraction of sp³-hybridized carbons (Fsp3) is 0.219. The van der Waals surface area contributed by atoms with Gasteiger partial charge in [-0.15, -0.1) is 13.2 Å². The minimum absolute atomic E-state index is 0.122. The van der Waals surface area contributed by atoms with Gasteiger partial charge in [-0.25, -0.2) is 0 Å². The maximum Gasteiger partial charge on any atom is 0.573 e. The van der Waals surface area contributed by atoms with Gasteiger partial charge in [-0.2, -0.15) is 0 Å². The number of halogens is 3. The molecule has 0 radical (unpaired) electrons. The van der Waals surface area contributed by atoms with Gasteiger partial charge in [0.2, 0.25) is 0 Å². The van der Waals surface area contributed by atoms with Gasteiger partial charge in [0, 0.05) is 18.6 Å². The van der Waals surface area contributed by atoms with E-state index in [1.807, 2.05) is 85.8 Å². The van der Waals surface area contributed by atoms with Crippen molar-refractivity contribution in [2.75, 3.05) is 0 Å². The van der Waals surface area contributed by atoms with E-state index in [0.717, 1.165) is 22.3 Å². The standard InChI is InChI=1S/C32H30F3NO3/c1-22-16-27(26-14-9-15-29(19-26)39-32(33,34)35)18-28(17-22)30(20-31(37)38)36(21-24-10-5-3-6-11-24)23(2)25-12-7-4-8-13-25/h3-19,23,30H,20-21H2,1-2H3,(H,37,38)/t23-,30?/m1/s1. The van der Waals surface area contributed by atoms with Crippen molar-refractivity contribution in [3.05, 3.63) is 125 Å². The molecular weight excluding hydrogens is 503 g/mol. The molecule has 0 fully saturated rings. The Kier molecular flexibility index (Phi) is 8.72. The lowest BCUT2D eigenvalue weighted by Gasteiger charge is -2.37. The number of hydrogen-bond donors (Lipinski definition) is 1. The summed E-state index contributed by atoms with van der Waals surface area (Å²) in [6.45, 7) is 4.46. The molecule has 2 atom stereocenters. The van der Waals surface area contributed by atoms with Gasteiger partial charge in [0.1, 0.15) is 5.75 Å². The lowest BCUT2D eigenvalue weighted by Crippen LogP contribution is -2.33. The van der Waals surface area contributed by atoms with Gasteiger partial charge in [0.15, 0.2) is 0 Å². The third-order valence-electron chi connectivity index (χ3n) is 6.64. The number of benzene rings is 4. The number of alkyl halides is 3. The molecule has 0 aliphatic rings. The van der Waals surface area contributed by atoms with E-state index in [4.69, 9.17) is 0 Å². The summed E-state index contributed by atoms with van der Waals surface area (Å²) in [6, 6.07) is 30.6. The van der Waals surface area contributed by atoms with Crippen LogP contribution < -0.4 is 4.74 Å². The molecule has 0 heterocycles. The number of carboxylic acid groups (broad SMARTS) is 1. The molecule has 4 rings (SSSR count). The van der Waals surface area contributed by atoms with E-state index >= 15 is 0 Å². The van der Waals surface area contributed by atoms with Gasteiger partial charge in [-0.3, -0.25) is 9.69 Å². The number of hydrogen-bond acceptors (Lipinski definition) is 3. The first-order chi connectivity index (χ1) is 18.6. The highest BCUT2D eigenvalue weighted by molar-refractivity contribution is 5.70. The molecule has 202 valence electrons. The summed E-state index contributed by atoms with van der Waals surface area (Å²) in [5.41, 5.74) is 4.95. The number of carbonyl (C=O) groups is 1. The van der Waals surface area contributed by atoms with Crippen LogP contribution in [0, 0.1) is 6.92 Å². The van der Waals surface area contributed by atoms with Crippen molar-refractivity contribution in [1.82, 2.24) is 4.90 Å². The molecule has 0 bridgehead atoms. The predicted molar refractivity (Wildman–Crippen MR) is 145 cm³/mol. The van der Waals surface area contributed by atoms with Crippen molar-refractivity contribution in [2.24, 2.45) is 0 Å². The molecule has 4 aromatic carbocycles.